The zero-order chi connectivity index (χ0) is 18.5. The smallest absolute Gasteiger partial charge is 0.277 e. The summed E-state index contributed by atoms with van der Waals surface area (Å²) in [6.07, 6.45) is 3.14. The number of aromatic nitrogens is 1. The van der Waals surface area contributed by atoms with E-state index in [9.17, 15) is 9.90 Å². The van der Waals surface area contributed by atoms with Crippen LogP contribution in [-0.4, -0.2) is 28.8 Å². The van der Waals surface area contributed by atoms with Crippen LogP contribution in [-0.2, 0) is 4.79 Å². The molecule has 0 saturated carbocycles. The zero-order valence-corrected chi connectivity index (χ0v) is 16.5. The lowest BCUT2D eigenvalue weighted by Crippen LogP contribution is -2.24. The fourth-order valence-electron chi connectivity index (χ4n) is 2.21. The van der Waals surface area contributed by atoms with Gasteiger partial charge in [0.1, 0.15) is 17.0 Å². The number of hydrogen-bond acceptors (Lipinski definition) is 5. The lowest BCUT2D eigenvalue weighted by atomic mass is 10.2. The summed E-state index contributed by atoms with van der Waals surface area (Å²) >= 11 is 6.47. The average Bonchev–Trinajstić information content (AvgIpc) is 2.64. The minimum Gasteiger partial charge on any atom is -0.506 e. The van der Waals surface area contributed by atoms with Crippen LogP contribution in [0.4, 0.5) is 0 Å². The van der Waals surface area contributed by atoms with E-state index in [1.165, 1.54) is 6.21 Å². The molecule has 0 atom stereocenters. The number of carbonyl (C=O) groups is 1. The highest BCUT2D eigenvalue weighted by Crippen LogP contribution is 2.32. The van der Waals surface area contributed by atoms with E-state index in [2.05, 4.69) is 47.4 Å². The molecule has 0 aliphatic heterocycles. The summed E-state index contributed by atoms with van der Waals surface area (Å²) in [6.45, 7) is -0.185. The molecule has 0 radical (unpaired) electrons. The first kappa shape index (κ1) is 18.3. The summed E-state index contributed by atoms with van der Waals surface area (Å²) in [4.78, 5) is 16.2. The number of benzene rings is 2. The Bertz CT molecular complexity index is 964. The molecule has 0 aliphatic rings. The number of aromatic hydroxyl groups is 1. The van der Waals surface area contributed by atoms with Gasteiger partial charge in [0.05, 0.1) is 15.2 Å². The molecule has 0 spiro atoms. The van der Waals surface area contributed by atoms with Crippen LogP contribution < -0.4 is 10.2 Å². The Balaban J connectivity index is 1.59. The molecule has 1 amide bonds. The topological polar surface area (TPSA) is 83.8 Å². The predicted molar refractivity (Wildman–Crippen MR) is 106 cm³/mol. The van der Waals surface area contributed by atoms with Crippen LogP contribution in [0.3, 0.4) is 0 Å². The Morgan fingerprint density at radius 3 is 2.73 bits per heavy atom. The van der Waals surface area contributed by atoms with Gasteiger partial charge in [-0.1, -0.05) is 18.2 Å². The Kier molecular flexibility index (Phi) is 5.85. The van der Waals surface area contributed by atoms with Crippen molar-refractivity contribution in [1.82, 2.24) is 10.4 Å². The number of pyridine rings is 1. The van der Waals surface area contributed by atoms with E-state index < -0.39 is 5.91 Å². The van der Waals surface area contributed by atoms with Crippen molar-refractivity contribution in [2.45, 2.75) is 0 Å². The molecular formula is C18H13Br2N3O3. The summed E-state index contributed by atoms with van der Waals surface area (Å²) in [5, 5.41) is 14.5. The molecule has 2 aromatic carbocycles. The number of ether oxygens (including phenoxy) is 1. The second kappa shape index (κ2) is 8.29. The van der Waals surface area contributed by atoms with Crippen LogP contribution in [0.5, 0.6) is 11.5 Å². The highest BCUT2D eigenvalue weighted by molar-refractivity contribution is 9.11. The number of rotatable bonds is 5. The zero-order valence-electron chi connectivity index (χ0n) is 13.3. The van der Waals surface area contributed by atoms with Crippen molar-refractivity contribution < 1.29 is 14.6 Å². The van der Waals surface area contributed by atoms with Gasteiger partial charge in [-0.25, -0.2) is 5.43 Å². The normalized spacial score (nSPS) is 11.0. The number of phenolic OH excluding ortho intramolecular Hbond substituents is 1. The molecule has 0 bridgehead atoms. The quantitative estimate of drug-likeness (QED) is 0.429. The molecule has 1 aromatic heterocycles. The Hall–Kier alpha value is -2.45. The van der Waals surface area contributed by atoms with Crippen molar-refractivity contribution >= 4 is 54.9 Å². The number of nitrogens with zero attached hydrogens (tertiary/aromatic N) is 2. The molecule has 0 unspecified atom stereocenters. The molecule has 132 valence electrons. The third kappa shape index (κ3) is 4.39. The molecule has 26 heavy (non-hydrogen) atoms. The third-order valence-electron chi connectivity index (χ3n) is 3.40. The van der Waals surface area contributed by atoms with Crippen molar-refractivity contribution in [3.05, 3.63) is 63.2 Å². The number of para-hydroxylation sites is 1. The van der Waals surface area contributed by atoms with E-state index in [0.717, 1.165) is 5.39 Å². The number of halogens is 2. The van der Waals surface area contributed by atoms with Crippen molar-refractivity contribution in [2.24, 2.45) is 5.10 Å². The number of nitrogens with one attached hydrogen (secondary N) is 1. The maximum Gasteiger partial charge on any atom is 0.277 e. The van der Waals surface area contributed by atoms with Crippen LogP contribution in [0.15, 0.2) is 62.7 Å². The van der Waals surface area contributed by atoms with Gasteiger partial charge in [0.15, 0.2) is 6.61 Å². The van der Waals surface area contributed by atoms with Crippen LogP contribution in [0, 0.1) is 0 Å². The molecular weight excluding hydrogens is 466 g/mol. The standard InChI is InChI=1S/C18H13Br2N3O3/c19-13-7-11(8-14(20)18(13)25)9-22-23-16(24)10-26-15-5-1-3-12-4-2-6-21-17(12)15/h1-9,25H,10H2,(H,23,24)/b22-9-. The molecule has 0 saturated heterocycles. The first-order valence-corrected chi connectivity index (χ1v) is 9.09. The lowest BCUT2D eigenvalue weighted by molar-refractivity contribution is -0.123. The highest BCUT2D eigenvalue weighted by Gasteiger charge is 2.07. The number of hydrazone groups is 1. The molecule has 2 N–H and O–H groups in total. The molecule has 8 heteroatoms. The number of amides is 1. The Morgan fingerprint density at radius 1 is 1.23 bits per heavy atom. The van der Waals surface area contributed by atoms with E-state index in [0.29, 0.717) is 25.8 Å². The van der Waals surface area contributed by atoms with Crippen molar-refractivity contribution in [2.75, 3.05) is 6.61 Å². The van der Waals surface area contributed by atoms with Gasteiger partial charge in [-0.3, -0.25) is 9.78 Å². The van der Waals surface area contributed by atoms with Gasteiger partial charge in [0.2, 0.25) is 0 Å². The SMILES string of the molecule is O=C(COc1cccc2cccnc12)N/N=C\c1cc(Br)c(O)c(Br)c1. The average molecular weight is 479 g/mol. The van der Waals surface area contributed by atoms with Gasteiger partial charge >= 0.3 is 0 Å². The minimum atomic E-state index is -0.397. The summed E-state index contributed by atoms with van der Waals surface area (Å²) < 4.78 is 6.58. The third-order valence-corrected chi connectivity index (χ3v) is 4.61. The van der Waals surface area contributed by atoms with Gasteiger partial charge in [-0.05, 0) is 61.7 Å². The Morgan fingerprint density at radius 2 is 1.96 bits per heavy atom. The van der Waals surface area contributed by atoms with Crippen molar-refractivity contribution in [3.8, 4) is 11.5 Å². The van der Waals surface area contributed by atoms with E-state index >= 15 is 0 Å². The fraction of sp³-hybridized carbons (Fsp3) is 0.0556. The molecule has 3 rings (SSSR count). The second-order valence-electron chi connectivity index (χ2n) is 5.25. The maximum absolute atomic E-state index is 11.9. The molecule has 0 fully saturated rings. The van der Waals surface area contributed by atoms with Crippen molar-refractivity contribution in [1.29, 1.82) is 0 Å². The number of carbonyl (C=O) groups excluding carboxylic acids is 1. The van der Waals surface area contributed by atoms with E-state index in [4.69, 9.17) is 4.74 Å². The fourth-order valence-corrected chi connectivity index (χ4v) is 3.43. The monoisotopic (exact) mass is 477 g/mol. The second-order valence-corrected chi connectivity index (χ2v) is 6.95. The summed E-state index contributed by atoms with van der Waals surface area (Å²) in [6, 6.07) is 12.6. The van der Waals surface area contributed by atoms with Crippen LogP contribution >= 0.6 is 31.9 Å². The first-order valence-electron chi connectivity index (χ1n) is 7.51. The van der Waals surface area contributed by atoms with Crippen molar-refractivity contribution in [3.63, 3.8) is 0 Å². The van der Waals surface area contributed by atoms with E-state index in [1.807, 2.05) is 24.3 Å². The summed E-state index contributed by atoms with van der Waals surface area (Å²) in [7, 11) is 0. The minimum absolute atomic E-state index is 0.100. The van der Waals surface area contributed by atoms with Gasteiger partial charge in [0, 0.05) is 11.6 Å². The molecule has 6 nitrogen and oxygen atoms in total. The van der Waals surface area contributed by atoms with Gasteiger partial charge in [0.25, 0.3) is 5.91 Å². The molecule has 1 heterocycles. The van der Waals surface area contributed by atoms with Gasteiger partial charge < -0.3 is 9.84 Å². The predicted octanol–water partition coefficient (Wildman–Crippen LogP) is 3.99. The first-order chi connectivity index (χ1) is 12.5. The largest absolute Gasteiger partial charge is 0.506 e. The number of hydrogen-bond donors (Lipinski definition) is 2. The highest BCUT2D eigenvalue weighted by atomic mass is 79.9. The van der Waals surface area contributed by atoms with E-state index in [-0.39, 0.29) is 12.4 Å². The number of fused-ring (bicyclic) bond motifs is 1. The lowest BCUT2D eigenvalue weighted by Gasteiger charge is -2.07. The van der Waals surface area contributed by atoms with Crippen LogP contribution in [0.25, 0.3) is 10.9 Å². The molecule has 3 aromatic rings. The number of phenols is 1. The summed E-state index contributed by atoms with van der Waals surface area (Å²) in [5.74, 6) is 0.239. The molecule has 0 aliphatic carbocycles. The van der Waals surface area contributed by atoms with Crippen LogP contribution in [0.2, 0.25) is 0 Å². The van der Waals surface area contributed by atoms with Gasteiger partial charge in [-0.2, -0.15) is 5.10 Å². The van der Waals surface area contributed by atoms with Gasteiger partial charge in [-0.15, -0.1) is 0 Å². The summed E-state index contributed by atoms with van der Waals surface area (Å²) in [5.41, 5.74) is 3.79. The van der Waals surface area contributed by atoms with E-state index in [1.54, 1.807) is 24.4 Å². The van der Waals surface area contributed by atoms with Crippen LogP contribution in [0.1, 0.15) is 5.56 Å². The Labute approximate surface area is 166 Å². The maximum atomic E-state index is 11.9.